The van der Waals surface area contributed by atoms with Crippen LogP contribution in [0, 0.1) is 0 Å². The van der Waals surface area contributed by atoms with Crippen LogP contribution in [0.2, 0.25) is 0 Å². The van der Waals surface area contributed by atoms with Gasteiger partial charge in [0.1, 0.15) is 0 Å². The summed E-state index contributed by atoms with van der Waals surface area (Å²) < 4.78 is 4.83. The first kappa shape index (κ1) is 24.4. The molecule has 0 radical (unpaired) electrons. The number of carbonyl (C=O) groups is 4. The van der Waals surface area contributed by atoms with Crippen LogP contribution in [0.1, 0.15) is 36.2 Å². The molecular formula is C23H28N4O5. The van der Waals surface area contributed by atoms with Gasteiger partial charge in [0.05, 0.1) is 19.6 Å². The van der Waals surface area contributed by atoms with Gasteiger partial charge < -0.3 is 26.0 Å². The van der Waals surface area contributed by atoms with E-state index < -0.39 is 29.9 Å². The fourth-order valence-corrected chi connectivity index (χ4v) is 2.80. The molecule has 1 atom stereocenters. The molecule has 0 fully saturated rings. The average Bonchev–Trinajstić information content (AvgIpc) is 2.77. The lowest BCUT2D eigenvalue weighted by Gasteiger charge is -2.13. The Kier molecular flexibility index (Phi) is 9.70. The maximum atomic E-state index is 12.4. The van der Waals surface area contributed by atoms with Gasteiger partial charge in [-0.3, -0.25) is 14.4 Å². The standard InChI is InChI=1S/C23H28N4O5/c1-3-32-21(29)12-16(2)26-20(28)15-24-22(30)18-10-7-11-19(13-18)27-23(31)25-14-17-8-5-4-6-9-17/h4-11,13,16H,3,12,14-15H2,1-2H3,(H,24,30)(H,26,28)(H2,25,27,31). The molecule has 32 heavy (non-hydrogen) atoms. The SMILES string of the molecule is CCOC(=O)CC(C)NC(=O)CNC(=O)c1cccc(NC(=O)NCc2ccccc2)c1. The molecule has 0 aliphatic heterocycles. The van der Waals surface area contributed by atoms with Crippen LogP contribution in [0.5, 0.6) is 0 Å². The quantitative estimate of drug-likeness (QED) is 0.422. The third-order valence-electron chi connectivity index (χ3n) is 4.27. The van der Waals surface area contributed by atoms with Crippen molar-refractivity contribution >= 4 is 29.5 Å². The number of nitrogens with one attached hydrogen (secondary N) is 4. The maximum absolute atomic E-state index is 12.4. The molecular weight excluding hydrogens is 412 g/mol. The fourth-order valence-electron chi connectivity index (χ4n) is 2.80. The fraction of sp³-hybridized carbons (Fsp3) is 0.304. The summed E-state index contributed by atoms with van der Waals surface area (Å²) in [6.45, 7) is 3.78. The van der Waals surface area contributed by atoms with Gasteiger partial charge in [0, 0.05) is 23.8 Å². The van der Waals surface area contributed by atoms with Crippen molar-refractivity contribution in [2.45, 2.75) is 32.9 Å². The molecule has 170 valence electrons. The number of urea groups is 1. The predicted molar refractivity (Wildman–Crippen MR) is 120 cm³/mol. The Bertz CT molecular complexity index is 933. The summed E-state index contributed by atoms with van der Waals surface area (Å²) in [5.74, 6) is -1.29. The van der Waals surface area contributed by atoms with Gasteiger partial charge in [-0.05, 0) is 37.6 Å². The van der Waals surface area contributed by atoms with Crippen LogP contribution in [0.15, 0.2) is 54.6 Å². The molecule has 0 aliphatic carbocycles. The summed E-state index contributed by atoms with van der Waals surface area (Å²) in [5, 5.41) is 10.5. The third-order valence-corrected chi connectivity index (χ3v) is 4.27. The highest BCUT2D eigenvalue weighted by Crippen LogP contribution is 2.10. The molecule has 0 aromatic heterocycles. The zero-order chi connectivity index (χ0) is 23.3. The monoisotopic (exact) mass is 440 g/mol. The zero-order valence-corrected chi connectivity index (χ0v) is 18.1. The van der Waals surface area contributed by atoms with E-state index in [0.29, 0.717) is 17.8 Å². The minimum atomic E-state index is -0.466. The molecule has 1 unspecified atom stereocenters. The molecule has 0 bridgehead atoms. The Hall–Kier alpha value is -3.88. The van der Waals surface area contributed by atoms with Crippen molar-refractivity contribution in [3.63, 3.8) is 0 Å². The molecule has 0 spiro atoms. The third kappa shape index (κ3) is 8.86. The molecule has 0 saturated heterocycles. The van der Waals surface area contributed by atoms with E-state index in [1.165, 1.54) is 6.07 Å². The number of amides is 4. The van der Waals surface area contributed by atoms with E-state index in [2.05, 4.69) is 21.3 Å². The topological polar surface area (TPSA) is 126 Å². The highest BCUT2D eigenvalue weighted by molar-refractivity contribution is 5.98. The average molecular weight is 441 g/mol. The van der Waals surface area contributed by atoms with Gasteiger partial charge in [0.2, 0.25) is 5.91 Å². The second-order valence-corrected chi connectivity index (χ2v) is 7.03. The van der Waals surface area contributed by atoms with Crippen molar-refractivity contribution in [3.8, 4) is 0 Å². The van der Waals surface area contributed by atoms with Crippen LogP contribution in [0.25, 0.3) is 0 Å². The summed E-state index contributed by atoms with van der Waals surface area (Å²) in [4.78, 5) is 47.9. The van der Waals surface area contributed by atoms with E-state index >= 15 is 0 Å². The second kappa shape index (κ2) is 12.7. The Balaban J connectivity index is 1.79. The minimum Gasteiger partial charge on any atom is -0.466 e. The number of hydrogen-bond donors (Lipinski definition) is 4. The summed E-state index contributed by atoms with van der Waals surface area (Å²) in [6, 6.07) is 15.0. The normalized spacial score (nSPS) is 11.1. The van der Waals surface area contributed by atoms with Gasteiger partial charge in [-0.1, -0.05) is 36.4 Å². The van der Waals surface area contributed by atoms with Crippen molar-refractivity contribution in [1.29, 1.82) is 0 Å². The van der Waals surface area contributed by atoms with Crippen LogP contribution in [0.4, 0.5) is 10.5 Å². The summed E-state index contributed by atoms with van der Waals surface area (Å²) >= 11 is 0. The summed E-state index contributed by atoms with van der Waals surface area (Å²) in [6.07, 6.45) is 0.0492. The molecule has 9 heteroatoms. The van der Waals surface area contributed by atoms with Crippen LogP contribution in [0.3, 0.4) is 0 Å². The number of rotatable bonds is 10. The number of ether oxygens (including phenoxy) is 1. The Labute approximate surface area is 186 Å². The first-order valence-electron chi connectivity index (χ1n) is 10.3. The maximum Gasteiger partial charge on any atom is 0.319 e. The van der Waals surface area contributed by atoms with Crippen LogP contribution < -0.4 is 21.3 Å². The molecule has 0 aliphatic rings. The van der Waals surface area contributed by atoms with Crippen LogP contribution >= 0.6 is 0 Å². The highest BCUT2D eigenvalue weighted by Gasteiger charge is 2.14. The number of esters is 1. The summed E-state index contributed by atoms with van der Waals surface area (Å²) in [7, 11) is 0. The lowest BCUT2D eigenvalue weighted by molar-refractivity contribution is -0.143. The highest BCUT2D eigenvalue weighted by atomic mass is 16.5. The lowest BCUT2D eigenvalue weighted by Crippen LogP contribution is -2.41. The van der Waals surface area contributed by atoms with E-state index in [0.717, 1.165) is 5.56 Å². The van der Waals surface area contributed by atoms with Crippen molar-refractivity contribution in [2.75, 3.05) is 18.5 Å². The van der Waals surface area contributed by atoms with Gasteiger partial charge in [0.25, 0.3) is 5.91 Å². The first-order valence-corrected chi connectivity index (χ1v) is 10.3. The van der Waals surface area contributed by atoms with E-state index in [4.69, 9.17) is 4.74 Å². The number of anilines is 1. The van der Waals surface area contributed by atoms with Gasteiger partial charge in [-0.2, -0.15) is 0 Å². The van der Waals surface area contributed by atoms with E-state index in [1.54, 1.807) is 32.0 Å². The largest absolute Gasteiger partial charge is 0.466 e. The Morgan fingerprint density at radius 1 is 0.969 bits per heavy atom. The number of benzene rings is 2. The molecule has 2 aromatic carbocycles. The number of carbonyl (C=O) groups excluding carboxylic acids is 4. The smallest absolute Gasteiger partial charge is 0.319 e. The second-order valence-electron chi connectivity index (χ2n) is 7.03. The first-order chi connectivity index (χ1) is 15.4. The van der Waals surface area contributed by atoms with Crippen LogP contribution in [-0.2, 0) is 20.9 Å². The van der Waals surface area contributed by atoms with Gasteiger partial charge in [0.15, 0.2) is 0 Å². The van der Waals surface area contributed by atoms with Gasteiger partial charge in [-0.25, -0.2) is 4.79 Å². The van der Waals surface area contributed by atoms with Crippen LogP contribution in [-0.4, -0.2) is 43.0 Å². The van der Waals surface area contributed by atoms with Crippen molar-refractivity contribution < 1.29 is 23.9 Å². The molecule has 2 rings (SSSR count). The Morgan fingerprint density at radius 3 is 2.44 bits per heavy atom. The van der Waals surface area contributed by atoms with Crippen molar-refractivity contribution in [3.05, 3.63) is 65.7 Å². The van der Waals surface area contributed by atoms with E-state index in [9.17, 15) is 19.2 Å². The molecule has 0 saturated carbocycles. The van der Waals surface area contributed by atoms with Gasteiger partial charge >= 0.3 is 12.0 Å². The number of hydrogen-bond acceptors (Lipinski definition) is 5. The molecule has 2 aromatic rings. The van der Waals surface area contributed by atoms with Gasteiger partial charge in [-0.15, -0.1) is 0 Å². The van der Waals surface area contributed by atoms with E-state index in [1.807, 2.05) is 30.3 Å². The summed E-state index contributed by atoms with van der Waals surface area (Å²) in [5.41, 5.74) is 1.69. The molecule has 4 amide bonds. The molecule has 4 N–H and O–H groups in total. The lowest BCUT2D eigenvalue weighted by atomic mass is 10.2. The predicted octanol–water partition coefficient (Wildman–Crippen LogP) is 2.20. The molecule has 9 nitrogen and oxygen atoms in total. The zero-order valence-electron chi connectivity index (χ0n) is 18.1. The van der Waals surface area contributed by atoms with Crippen molar-refractivity contribution in [2.24, 2.45) is 0 Å². The Morgan fingerprint density at radius 2 is 1.72 bits per heavy atom. The molecule has 0 heterocycles. The van der Waals surface area contributed by atoms with Crippen molar-refractivity contribution in [1.82, 2.24) is 16.0 Å². The minimum absolute atomic E-state index is 0.0492. The van der Waals surface area contributed by atoms with E-state index in [-0.39, 0.29) is 19.6 Å².